The fourth-order valence-electron chi connectivity index (χ4n) is 3.64. The average molecular weight is 288 g/mol. The van der Waals surface area contributed by atoms with Crippen LogP contribution in [0, 0.1) is 0 Å². The molecule has 3 rings (SSSR count). The molecule has 4 heteroatoms. The molecule has 2 heterocycles. The zero-order valence-corrected chi connectivity index (χ0v) is 13.3. The largest absolute Gasteiger partial charge is 0.355 e. The van der Waals surface area contributed by atoms with Crippen molar-refractivity contribution >= 4 is 5.82 Å². The molecule has 1 fully saturated rings. The molecule has 0 saturated carbocycles. The van der Waals surface area contributed by atoms with Crippen molar-refractivity contribution in [1.29, 1.82) is 0 Å². The van der Waals surface area contributed by atoms with E-state index in [4.69, 9.17) is 0 Å². The Balaban J connectivity index is 1.76. The first kappa shape index (κ1) is 14.8. The minimum absolute atomic E-state index is 0.620. The van der Waals surface area contributed by atoms with Gasteiger partial charge in [0.1, 0.15) is 12.1 Å². The van der Waals surface area contributed by atoms with E-state index in [1.807, 2.05) is 0 Å². The lowest BCUT2D eigenvalue weighted by atomic mass is 10.0. The summed E-state index contributed by atoms with van der Waals surface area (Å²) in [5.41, 5.74) is 2.74. The number of aryl methyl sites for hydroxylation is 1. The number of piperidine rings is 1. The number of rotatable bonds is 4. The van der Waals surface area contributed by atoms with Crippen LogP contribution >= 0.6 is 0 Å². The van der Waals surface area contributed by atoms with Crippen LogP contribution in [0.5, 0.6) is 0 Å². The second kappa shape index (κ2) is 7.21. The molecule has 4 nitrogen and oxygen atoms in total. The van der Waals surface area contributed by atoms with Gasteiger partial charge in [0, 0.05) is 30.4 Å². The molecule has 1 aliphatic carbocycles. The van der Waals surface area contributed by atoms with Crippen LogP contribution in [0.2, 0.25) is 0 Å². The highest BCUT2D eigenvalue weighted by Crippen LogP contribution is 2.28. The molecule has 1 aliphatic heterocycles. The lowest BCUT2D eigenvalue weighted by Gasteiger charge is -2.35. The first-order valence-electron chi connectivity index (χ1n) is 8.69. The maximum atomic E-state index is 4.66. The van der Waals surface area contributed by atoms with Gasteiger partial charge in [-0.05, 0) is 51.5 Å². The standard InChI is InChI=1S/C17H28N4/c1-2-10-18-14-7-6-11-21(12-14)17-15-8-4-3-5-9-16(15)19-13-20-17/h13-14,18H,2-12H2,1H3. The molecular formula is C17H28N4. The highest BCUT2D eigenvalue weighted by molar-refractivity contribution is 5.49. The Bertz CT molecular complexity index is 460. The monoisotopic (exact) mass is 288 g/mol. The minimum Gasteiger partial charge on any atom is -0.355 e. The summed E-state index contributed by atoms with van der Waals surface area (Å²) in [5, 5.41) is 3.68. The van der Waals surface area contributed by atoms with E-state index in [1.165, 1.54) is 55.6 Å². The number of nitrogens with one attached hydrogen (secondary N) is 1. The van der Waals surface area contributed by atoms with Gasteiger partial charge >= 0.3 is 0 Å². The molecule has 0 bridgehead atoms. The van der Waals surface area contributed by atoms with Crippen LogP contribution in [-0.2, 0) is 12.8 Å². The molecule has 116 valence electrons. The van der Waals surface area contributed by atoms with E-state index in [-0.39, 0.29) is 0 Å². The fraction of sp³-hybridized carbons (Fsp3) is 0.765. The summed E-state index contributed by atoms with van der Waals surface area (Å²) in [6.07, 6.45) is 11.7. The van der Waals surface area contributed by atoms with Crippen LogP contribution < -0.4 is 10.2 Å². The number of aromatic nitrogens is 2. The highest BCUT2D eigenvalue weighted by atomic mass is 15.2. The summed E-state index contributed by atoms with van der Waals surface area (Å²) in [6, 6.07) is 0.620. The first-order chi connectivity index (χ1) is 10.4. The van der Waals surface area contributed by atoms with Crippen LogP contribution in [-0.4, -0.2) is 35.6 Å². The smallest absolute Gasteiger partial charge is 0.135 e. The summed E-state index contributed by atoms with van der Waals surface area (Å²) < 4.78 is 0. The summed E-state index contributed by atoms with van der Waals surface area (Å²) in [5.74, 6) is 1.23. The lowest BCUT2D eigenvalue weighted by Crippen LogP contribution is -2.46. The molecule has 21 heavy (non-hydrogen) atoms. The van der Waals surface area contributed by atoms with Crippen LogP contribution in [0.4, 0.5) is 5.82 Å². The van der Waals surface area contributed by atoms with Gasteiger partial charge in [0.25, 0.3) is 0 Å². The normalized spacial score (nSPS) is 22.7. The topological polar surface area (TPSA) is 41.0 Å². The van der Waals surface area contributed by atoms with E-state index < -0.39 is 0 Å². The number of anilines is 1. The Morgan fingerprint density at radius 3 is 3.00 bits per heavy atom. The maximum Gasteiger partial charge on any atom is 0.135 e. The molecule has 2 aliphatic rings. The van der Waals surface area contributed by atoms with E-state index in [0.717, 1.165) is 32.5 Å². The van der Waals surface area contributed by atoms with E-state index in [2.05, 4.69) is 27.1 Å². The Morgan fingerprint density at radius 2 is 2.10 bits per heavy atom. The van der Waals surface area contributed by atoms with E-state index in [9.17, 15) is 0 Å². The number of hydrogen-bond acceptors (Lipinski definition) is 4. The van der Waals surface area contributed by atoms with E-state index >= 15 is 0 Å². The van der Waals surface area contributed by atoms with E-state index in [1.54, 1.807) is 6.33 Å². The van der Waals surface area contributed by atoms with Gasteiger partial charge in [-0.2, -0.15) is 0 Å². The second-order valence-corrected chi connectivity index (χ2v) is 6.42. The lowest BCUT2D eigenvalue weighted by molar-refractivity contribution is 0.421. The zero-order chi connectivity index (χ0) is 14.5. The Morgan fingerprint density at radius 1 is 1.19 bits per heavy atom. The van der Waals surface area contributed by atoms with Gasteiger partial charge in [0.05, 0.1) is 0 Å². The third-order valence-electron chi connectivity index (χ3n) is 4.76. The van der Waals surface area contributed by atoms with Crippen molar-refractivity contribution in [1.82, 2.24) is 15.3 Å². The molecule has 1 unspecified atom stereocenters. The highest BCUT2D eigenvalue weighted by Gasteiger charge is 2.24. The van der Waals surface area contributed by atoms with Crippen LogP contribution in [0.25, 0.3) is 0 Å². The average Bonchev–Trinajstić information content (AvgIpc) is 2.78. The molecular weight excluding hydrogens is 260 g/mol. The Labute approximate surface area is 128 Å². The molecule has 1 N–H and O–H groups in total. The molecule has 0 aromatic carbocycles. The zero-order valence-electron chi connectivity index (χ0n) is 13.3. The number of fused-ring (bicyclic) bond motifs is 1. The van der Waals surface area contributed by atoms with Gasteiger partial charge in [0.15, 0.2) is 0 Å². The third-order valence-corrected chi connectivity index (χ3v) is 4.76. The van der Waals surface area contributed by atoms with Crippen molar-refractivity contribution in [2.75, 3.05) is 24.5 Å². The molecule has 0 amide bonds. The molecule has 0 spiro atoms. The summed E-state index contributed by atoms with van der Waals surface area (Å²) in [6.45, 7) is 5.61. The van der Waals surface area contributed by atoms with Crippen molar-refractivity contribution in [3.63, 3.8) is 0 Å². The minimum atomic E-state index is 0.620. The van der Waals surface area contributed by atoms with Gasteiger partial charge < -0.3 is 10.2 Å². The van der Waals surface area contributed by atoms with Crippen LogP contribution in [0.15, 0.2) is 6.33 Å². The van der Waals surface area contributed by atoms with Crippen molar-refractivity contribution in [3.05, 3.63) is 17.6 Å². The van der Waals surface area contributed by atoms with Gasteiger partial charge in [-0.1, -0.05) is 13.3 Å². The van der Waals surface area contributed by atoms with Crippen molar-refractivity contribution in [2.24, 2.45) is 0 Å². The predicted octanol–water partition coefficient (Wildman–Crippen LogP) is 2.71. The van der Waals surface area contributed by atoms with Gasteiger partial charge in [0.2, 0.25) is 0 Å². The summed E-state index contributed by atoms with van der Waals surface area (Å²) in [4.78, 5) is 11.7. The molecule has 0 radical (unpaired) electrons. The van der Waals surface area contributed by atoms with Gasteiger partial charge in [-0.3, -0.25) is 0 Å². The molecule has 1 atom stereocenters. The van der Waals surface area contributed by atoms with Crippen LogP contribution in [0.1, 0.15) is 56.7 Å². The van der Waals surface area contributed by atoms with Gasteiger partial charge in [-0.25, -0.2) is 9.97 Å². The van der Waals surface area contributed by atoms with Crippen LogP contribution in [0.3, 0.4) is 0 Å². The van der Waals surface area contributed by atoms with E-state index in [0.29, 0.717) is 6.04 Å². The molecule has 1 aromatic heterocycles. The predicted molar refractivity (Wildman–Crippen MR) is 86.8 cm³/mol. The van der Waals surface area contributed by atoms with Crippen molar-refractivity contribution in [3.8, 4) is 0 Å². The van der Waals surface area contributed by atoms with Gasteiger partial charge in [-0.15, -0.1) is 0 Å². The SMILES string of the molecule is CCCNC1CCCN(c2ncnc3c2CCCCC3)C1. The van der Waals surface area contributed by atoms with Crippen molar-refractivity contribution in [2.45, 2.75) is 64.3 Å². The first-order valence-corrected chi connectivity index (χ1v) is 8.69. The Kier molecular flexibility index (Phi) is 5.07. The fourth-order valence-corrected chi connectivity index (χ4v) is 3.64. The summed E-state index contributed by atoms with van der Waals surface area (Å²) >= 11 is 0. The molecule has 1 aromatic rings. The number of nitrogens with zero attached hydrogens (tertiary/aromatic N) is 3. The maximum absolute atomic E-state index is 4.66. The quantitative estimate of drug-likeness (QED) is 0.865. The molecule has 1 saturated heterocycles. The third kappa shape index (κ3) is 3.54. The second-order valence-electron chi connectivity index (χ2n) is 6.42. The number of hydrogen-bond donors (Lipinski definition) is 1. The Hall–Kier alpha value is -1.16. The summed E-state index contributed by atoms with van der Waals surface area (Å²) in [7, 11) is 0. The van der Waals surface area contributed by atoms with Crippen molar-refractivity contribution < 1.29 is 0 Å².